The Hall–Kier alpha value is -2.34. The molecular formula is C12H12N4O2. The van der Waals surface area contributed by atoms with E-state index in [0.29, 0.717) is 11.2 Å². The third-order valence-corrected chi connectivity index (χ3v) is 2.96. The Labute approximate surface area is 103 Å². The maximum absolute atomic E-state index is 11.1. The molecule has 0 saturated carbocycles. The number of primary amides is 1. The van der Waals surface area contributed by atoms with Gasteiger partial charge in [0.25, 0.3) is 0 Å². The van der Waals surface area contributed by atoms with Crippen molar-refractivity contribution in [2.45, 2.75) is 13.0 Å². The van der Waals surface area contributed by atoms with Crippen LogP contribution in [0.4, 0.5) is 0 Å². The molecule has 6 heteroatoms. The Bertz CT molecular complexity index is 659. The monoisotopic (exact) mass is 244 g/mol. The number of nitrogens with two attached hydrogens (primary N) is 1. The van der Waals surface area contributed by atoms with Crippen LogP contribution in [0.5, 0.6) is 0 Å². The first-order valence-corrected chi connectivity index (χ1v) is 5.53. The molecule has 3 rings (SSSR count). The lowest BCUT2D eigenvalue weighted by Gasteiger charge is -2.09. The molecule has 3 N–H and O–H groups in total. The number of pyridine rings is 1. The minimum absolute atomic E-state index is 0.0422. The summed E-state index contributed by atoms with van der Waals surface area (Å²) < 4.78 is 1.92. The summed E-state index contributed by atoms with van der Waals surface area (Å²) in [6.07, 6.45) is 5.29. The first-order chi connectivity index (χ1) is 8.66. The van der Waals surface area contributed by atoms with E-state index < -0.39 is 5.91 Å². The van der Waals surface area contributed by atoms with Crippen molar-refractivity contribution in [2.24, 2.45) is 5.73 Å². The molecule has 2 aromatic rings. The van der Waals surface area contributed by atoms with Crippen LogP contribution < -0.4 is 11.2 Å². The van der Waals surface area contributed by atoms with Gasteiger partial charge in [-0.2, -0.15) is 0 Å². The van der Waals surface area contributed by atoms with Crippen molar-refractivity contribution in [3.05, 3.63) is 47.6 Å². The van der Waals surface area contributed by atoms with Crippen LogP contribution >= 0.6 is 0 Å². The lowest BCUT2D eigenvalue weighted by atomic mass is 10.2. The number of nitrogens with one attached hydrogen (secondary N) is 1. The van der Waals surface area contributed by atoms with Crippen molar-refractivity contribution < 1.29 is 9.63 Å². The molecular weight excluding hydrogens is 232 g/mol. The molecule has 1 unspecified atom stereocenters. The predicted molar refractivity (Wildman–Crippen MR) is 64.5 cm³/mol. The predicted octanol–water partition coefficient (Wildman–Crippen LogP) is 0.831. The summed E-state index contributed by atoms with van der Waals surface area (Å²) in [5.41, 5.74) is 11.1. The number of carbonyl (C=O) groups excluding carboxylic acids is 1. The zero-order valence-corrected chi connectivity index (χ0v) is 9.75. The first-order valence-electron chi connectivity index (χ1n) is 5.53. The summed E-state index contributed by atoms with van der Waals surface area (Å²) in [7, 11) is 0. The van der Waals surface area contributed by atoms with Crippen molar-refractivity contribution in [2.75, 3.05) is 0 Å². The van der Waals surface area contributed by atoms with Gasteiger partial charge in [0.15, 0.2) is 0 Å². The summed E-state index contributed by atoms with van der Waals surface area (Å²) in [6, 6.07) is 3.32. The van der Waals surface area contributed by atoms with E-state index in [1.54, 1.807) is 24.6 Å². The van der Waals surface area contributed by atoms with Crippen LogP contribution in [0.25, 0.3) is 5.65 Å². The Kier molecular flexibility index (Phi) is 2.31. The van der Waals surface area contributed by atoms with E-state index in [1.165, 1.54) is 0 Å². The zero-order valence-electron chi connectivity index (χ0n) is 9.75. The Morgan fingerprint density at radius 3 is 3.11 bits per heavy atom. The first kappa shape index (κ1) is 10.8. The van der Waals surface area contributed by atoms with E-state index >= 15 is 0 Å². The maximum Gasteiger partial charge on any atom is 0.248 e. The summed E-state index contributed by atoms with van der Waals surface area (Å²) >= 11 is 0. The number of rotatable bonds is 2. The fraction of sp³-hybridized carbons (Fsp3) is 0.167. The number of carbonyl (C=O) groups is 1. The highest BCUT2D eigenvalue weighted by atomic mass is 16.6. The molecule has 2 aromatic heterocycles. The molecule has 18 heavy (non-hydrogen) atoms. The summed E-state index contributed by atoms with van der Waals surface area (Å²) in [5, 5.41) is 0. The highest BCUT2D eigenvalue weighted by Crippen LogP contribution is 2.23. The van der Waals surface area contributed by atoms with Gasteiger partial charge >= 0.3 is 0 Å². The van der Waals surface area contributed by atoms with Crippen LogP contribution in [-0.4, -0.2) is 15.3 Å². The molecule has 0 spiro atoms. The summed E-state index contributed by atoms with van der Waals surface area (Å²) in [6.45, 7) is 1.92. The maximum atomic E-state index is 11.1. The zero-order chi connectivity index (χ0) is 12.7. The van der Waals surface area contributed by atoms with Crippen LogP contribution in [0.3, 0.4) is 0 Å². The van der Waals surface area contributed by atoms with E-state index in [4.69, 9.17) is 10.6 Å². The van der Waals surface area contributed by atoms with Gasteiger partial charge in [0.2, 0.25) is 5.91 Å². The van der Waals surface area contributed by atoms with Gasteiger partial charge in [0.05, 0.1) is 11.4 Å². The summed E-state index contributed by atoms with van der Waals surface area (Å²) in [5.74, 6) is -0.457. The number of hydroxylamine groups is 1. The SMILES string of the molecule is Cc1nc2cc(C(N)=O)ccn2c1C1C=CON1. The molecule has 1 aliphatic rings. The molecule has 0 radical (unpaired) electrons. The Morgan fingerprint density at radius 1 is 1.61 bits per heavy atom. The van der Waals surface area contributed by atoms with Crippen molar-refractivity contribution >= 4 is 11.6 Å². The number of imidazole rings is 1. The van der Waals surface area contributed by atoms with Gasteiger partial charge in [0.1, 0.15) is 18.0 Å². The molecule has 0 fully saturated rings. The molecule has 0 bridgehead atoms. The molecule has 0 aromatic carbocycles. The Balaban J connectivity index is 2.18. The fourth-order valence-electron chi connectivity index (χ4n) is 2.13. The molecule has 0 saturated heterocycles. The fourth-order valence-corrected chi connectivity index (χ4v) is 2.13. The highest BCUT2D eigenvalue weighted by Gasteiger charge is 2.20. The van der Waals surface area contributed by atoms with Crippen LogP contribution in [0.15, 0.2) is 30.7 Å². The number of nitrogens with zero attached hydrogens (tertiary/aromatic N) is 2. The molecule has 6 nitrogen and oxygen atoms in total. The lowest BCUT2D eigenvalue weighted by Crippen LogP contribution is -2.15. The second-order valence-electron chi connectivity index (χ2n) is 4.13. The van der Waals surface area contributed by atoms with Gasteiger partial charge in [-0.15, -0.1) is 5.48 Å². The van der Waals surface area contributed by atoms with Crippen molar-refractivity contribution in [1.29, 1.82) is 0 Å². The minimum Gasteiger partial charge on any atom is -0.416 e. The van der Waals surface area contributed by atoms with Gasteiger partial charge in [-0.05, 0) is 25.1 Å². The number of aromatic nitrogens is 2. The van der Waals surface area contributed by atoms with Crippen molar-refractivity contribution in [3.8, 4) is 0 Å². The van der Waals surface area contributed by atoms with Gasteiger partial charge in [-0.25, -0.2) is 4.98 Å². The van der Waals surface area contributed by atoms with Gasteiger partial charge < -0.3 is 15.0 Å². The van der Waals surface area contributed by atoms with Gasteiger partial charge in [0, 0.05) is 11.8 Å². The second-order valence-corrected chi connectivity index (χ2v) is 4.13. The third-order valence-electron chi connectivity index (χ3n) is 2.96. The van der Waals surface area contributed by atoms with E-state index in [2.05, 4.69) is 10.5 Å². The van der Waals surface area contributed by atoms with Crippen LogP contribution in [0, 0.1) is 6.92 Å². The van der Waals surface area contributed by atoms with Crippen molar-refractivity contribution in [3.63, 3.8) is 0 Å². The smallest absolute Gasteiger partial charge is 0.248 e. The quantitative estimate of drug-likeness (QED) is 0.819. The number of hydrogen-bond donors (Lipinski definition) is 2. The van der Waals surface area contributed by atoms with E-state index in [0.717, 1.165) is 11.4 Å². The molecule has 1 aliphatic heterocycles. The van der Waals surface area contributed by atoms with E-state index in [1.807, 2.05) is 17.4 Å². The normalized spacial score (nSPS) is 18.2. The summed E-state index contributed by atoms with van der Waals surface area (Å²) in [4.78, 5) is 20.6. The number of aryl methyl sites for hydroxylation is 1. The van der Waals surface area contributed by atoms with Crippen molar-refractivity contribution in [1.82, 2.24) is 14.9 Å². The number of fused-ring (bicyclic) bond motifs is 1. The van der Waals surface area contributed by atoms with E-state index in [-0.39, 0.29) is 6.04 Å². The second kappa shape index (κ2) is 3.85. The third kappa shape index (κ3) is 1.54. The average Bonchev–Trinajstić information content (AvgIpc) is 2.93. The minimum atomic E-state index is -0.457. The molecule has 1 amide bonds. The van der Waals surface area contributed by atoms with E-state index in [9.17, 15) is 4.79 Å². The molecule has 92 valence electrons. The van der Waals surface area contributed by atoms with Crippen LogP contribution in [0.1, 0.15) is 27.8 Å². The average molecular weight is 244 g/mol. The topological polar surface area (TPSA) is 81.7 Å². The largest absolute Gasteiger partial charge is 0.416 e. The number of hydrogen-bond acceptors (Lipinski definition) is 4. The lowest BCUT2D eigenvalue weighted by molar-refractivity contribution is 0.1000. The van der Waals surface area contributed by atoms with Gasteiger partial charge in [-0.1, -0.05) is 0 Å². The molecule has 3 heterocycles. The molecule has 1 atom stereocenters. The van der Waals surface area contributed by atoms with Crippen LogP contribution in [-0.2, 0) is 4.84 Å². The number of amides is 1. The highest BCUT2D eigenvalue weighted by molar-refractivity contribution is 5.93. The Morgan fingerprint density at radius 2 is 2.44 bits per heavy atom. The van der Waals surface area contributed by atoms with Crippen LogP contribution in [0.2, 0.25) is 0 Å². The van der Waals surface area contributed by atoms with Gasteiger partial charge in [-0.3, -0.25) is 4.79 Å². The standard InChI is InChI=1S/C12H12N4O2/c1-7-11(9-3-5-18-15-9)16-4-2-8(12(13)17)6-10(16)14-7/h2-6,9,15H,1H3,(H2,13,17). The molecule has 0 aliphatic carbocycles.